The van der Waals surface area contributed by atoms with E-state index < -0.39 is 16.1 Å². The molecule has 5 N–H and O–H groups in total. The van der Waals surface area contributed by atoms with Crippen LogP contribution in [-0.2, 0) is 21.4 Å². The molecule has 176 valence electrons. The third-order valence-electron chi connectivity index (χ3n) is 5.47. The predicted octanol–water partition coefficient (Wildman–Crippen LogP) is 2.57. The molecular formula is C19H26Cl2N6O4S. The fourth-order valence-electron chi connectivity index (χ4n) is 3.66. The Morgan fingerprint density at radius 2 is 2.03 bits per heavy atom. The first kappa shape index (κ1) is 24.6. The fraction of sp³-hybridized carbons (Fsp3) is 0.474. The van der Waals surface area contributed by atoms with Gasteiger partial charge in [0.25, 0.3) is 0 Å². The Balaban J connectivity index is 1.86. The Kier molecular flexibility index (Phi) is 7.88. The SMILES string of the molecule is CC1CCN(C(=O)C(CCn2ccnc2NO)NS(=O)(=O)c2c(N)cc(Cl)cc2Cl)CC1. The first-order valence-corrected chi connectivity index (χ1v) is 12.3. The number of hydrogen-bond acceptors (Lipinski definition) is 7. The van der Waals surface area contributed by atoms with Crippen LogP contribution < -0.4 is 15.9 Å². The summed E-state index contributed by atoms with van der Waals surface area (Å²) in [5.41, 5.74) is 7.72. The van der Waals surface area contributed by atoms with Crippen LogP contribution in [0.3, 0.4) is 0 Å². The number of imidazole rings is 1. The van der Waals surface area contributed by atoms with Gasteiger partial charge < -0.3 is 15.2 Å². The van der Waals surface area contributed by atoms with E-state index in [0.29, 0.717) is 19.0 Å². The van der Waals surface area contributed by atoms with Crippen molar-refractivity contribution in [3.05, 3.63) is 34.6 Å². The molecule has 10 nitrogen and oxygen atoms in total. The average Bonchev–Trinajstić information content (AvgIpc) is 3.17. The van der Waals surface area contributed by atoms with E-state index in [-0.39, 0.29) is 45.4 Å². The van der Waals surface area contributed by atoms with E-state index >= 15 is 0 Å². The topological polar surface area (TPSA) is 143 Å². The maximum absolute atomic E-state index is 13.3. The lowest BCUT2D eigenvalue weighted by Crippen LogP contribution is -2.51. The Morgan fingerprint density at radius 3 is 2.66 bits per heavy atom. The summed E-state index contributed by atoms with van der Waals surface area (Å²) in [7, 11) is -4.24. The summed E-state index contributed by atoms with van der Waals surface area (Å²) in [6, 6.07) is 1.49. The van der Waals surface area contributed by atoms with Crippen molar-refractivity contribution in [2.45, 2.75) is 43.7 Å². The van der Waals surface area contributed by atoms with Crippen molar-refractivity contribution >= 4 is 50.8 Å². The van der Waals surface area contributed by atoms with Gasteiger partial charge in [-0.2, -0.15) is 4.72 Å². The molecule has 3 rings (SSSR count). The van der Waals surface area contributed by atoms with Crippen LogP contribution >= 0.6 is 23.2 Å². The van der Waals surface area contributed by atoms with Crippen LogP contribution in [0.15, 0.2) is 29.4 Å². The van der Waals surface area contributed by atoms with Crippen molar-refractivity contribution < 1.29 is 18.4 Å². The van der Waals surface area contributed by atoms with Gasteiger partial charge in [0.05, 0.1) is 10.7 Å². The minimum absolute atomic E-state index is 0.111. The summed E-state index contributed by atoms with van der Waals surface area (Å²) in [5.74, 6) is 0.351. The van der Waals surface area contributed by atoms with Crippen LogP contribution in [0.4, 0.5) is 11.6 Å². The second kappa shape index (κ2) is 10.3. The Bertz CT molecular complexity index is 1050. The number of benzene rings is 1. The average molecular weight is 505 g/mol. The van der Waals surface area contributed by atoms with Gasteiger partial charge in [0.15, 0.2) is 0 Å². The van der Waals surface area contributed by atoms with E-state index in [4.69, 9.17) is 34.1 Å². The summed E-state index contributed by atoms with van der Waals surface area (Å²) in [6.45, 7) is 3.44. The van der Waals surface area contributed by atoms with Gasteiger partial charge in [-0.15, -0.1) is 0 Å². The Labute approximate surface area is 196 Å². The van der Waals surface area contributed by atoms with Crippen molar-refractivity contribution in [1.82, 2.24) is 19.2 Å². The van der Waals surface area contributed by atoms with E-state index in [1.54, 1.807) is 15.7 Å². The number of hydrogen-bond donors (Lipinski definition) is 4. The van der Waals surface area contributed by atoms with E-state index in [1.165, 1.54) is 18.3 Å². The molecule has 1 saturated heterocycles. The van der Waals surface area contributed by atoms with Crippen molar-refractivity contribution in [2.24, 2.45) is 5.92 Å². The van der Waals surface area contributed by atoms with Gasteiger partial charge in [0.2, 0.25) is 21.9 Å². The summed E-state index contributed by atoms with van der Waals surface area (Å²) >= 11 is 12.0. The second-order valence-electron chi connectivity index (χ2n) is 7.83. The smallest absolute Gasteiger partial charge is 0.244 e. The maximum Gasteiger partial charge on any atom is 0.244 e. The van der Waals surface area contributed by atoms with E-state index in [9.17, 15) is 13.2 Å². The van der Waals surface area contributed by atoms with E-state index in [1.807, 2.05) is 5.48 Å². The van der Waals surface area contributed by atoms with Crippen molar-refractivity contribution in [3.8, 4) is 0 Å². The minimum atomic E-state index is -4.24. The number of nitrogen functional groups attached to an aromatic ring is 1. The van der Waals surface area contributed by atoms with Crippen LogP contribution in [0.25, 0.3) is 0 Å². The highest BCUT2D eigenvalue weighted by Crippen LogP contribution is 2.31. The molecule has 0 aliphatic carbocycles. The van der Waals surface area contributed by atoms with Gasteiger partial charge >= 0.3 is 0 Å². The zero-order valence-corrected chi connectivity index (χ0v) is 19.8. The molecule has 1 amide bonds. The summed E-state index contributed by atoms with van der Waals surface area (Å²) in [6.07, 6.45) is 4.88. The number of anilines is 2. The maximum atomic E-state index is 13.3. The molecular weight excluding hydrogens is 479 g/mol. The predicted molar refractivity (Wildman–Crippen MR) is 122 cm³/mol. The fourth-order valence-corrected chi connectivity index (χ4v) is 5.87. The molecule has 1 atom stereocenters. The van der Waals surface area contributed by atoms with Crippen LogP contribution in [0, 0.1) is 5.92 Å². The van der Waals surface area contributed by atoms with Gasteiger partial charge in [-0.05, 0) is 37.3 Å². The van der Waals surface area contributed by atoms with Gasteiger partial charge in [-0.3, -0.25) is 10.0 Å². The van der Waals surface area contributed by atoms with Gasteiger partial charge in [0.1, 0.15) is 10.9 Å². The number of nitrogens with one attached hydrogen (secondary N) is 2. The standard InChI is InChI=1S/C19H26Cl2N6O4S/c1-12-2-6-26(7-3-12)18(28)16(4-8-27-9-5-23-19(27)24-29)25-32(30,31)17-14(21)10-13(20)11-15(17)22/h5,9-12,16,25,29H,2-4,6-8,22H2,1H3,(H,23,24). The van der Waals surface area contributed by atoms with Crippen LogP contribution in [0.2, 0.25) is 10.0 Å². The number of sulfonamides is 1. The molecule has 0 bridgehead atoms. The van der Waals surface area contributed by atoms with E-state index in [0.717, 1.165) is 12.8 Å². The Hall–Kier alpha value is -2.05. The van der Waals surface area contributed by atoms with Crippen molar-refractivity contribution in [2.75, 3.05) is 24.3 Å². The highest BCUT2D eigenvalue weighted by Gasteiger charge is 2.32. The van der Waals surface area contributed by atoms with E-state index in [2.05, 4.69) is 16.6 Å². The molecule has 2 heterocycles. The summed E-state index contributed by atoms with van der Waals surface area (Å²) in [4.78, 5) is 18.5. The zero-order valence-electron chi connectivity index (χ0n) is 17.5. The normalized spacial score (nSPS) is 16.2. The van der Waals surface area contributed by atoms with Crippen LogP contribution in [0.1, 0.15) is 26.2 Å². The number of carbonyl (C=O) groups excluding carboxylic acids is 1. The van der Waals surface area contributed by atoms with Gasteiger partial charge in [0, 0.05) is 37.1 Å². The second-order valence-corrected chi connectivity index (χ2v) is 10.3. The molecule has 1 fully saturated rings. The number of piperidine rings is 1. The minimum Gasteiger partial charge on any atom is -0.398 e. The monoisotopic (exact) mass is 504 g/mol. The molecule has 13 heteroatoms. The number of carbonyl (C=O) groups is 1. The lowest BCUT2D eigenvalue weighted by Gasteiger charge is -2.33. The molecule has 0 saturated carbocycles. The highest BCUT2D eigenvalue weighted by molar-refractivity contribution is 7.89. The molecule has 1 unspecified atom stereocenters. The Morgan fingerprint density at radius 1 is 1.34 bits per heavy atom. The molecule has 32 heavy (non-hydrogen) atoms. The number of rotatable bonds is 8. The number of amides is 1. The lowest BCUT2D eigenvalue weighted by atomic mass is 9.98. The number of nitrogens with two attached hydrogens (primary N) is 1. The van der Waals surface area contributed by atoms with Crippen molar-refractivity contribution in [3.63, 3.8) is 0 Å². The first-order valence-electron chi connectivity index (χ1n) is 10.1. The summed E-state index contributed by atoms with van der Waals surface area (Å²) in [5, 5.41) is 9.23. The molecule has 1 aliphatic heterocycles. The van der Waals surface area contributed by atoms with Gasteiger partial charge in [-0.1, -0.05) is 30.1 Å². The molecule has 2 aromatic rings. The van der Waals surface area contributed by atoms with Crippen molar-refractivity contribution in [1.29, 1.82) is 0 Å². The summed E-state index contributed by atoms with van der Waals surface area (Å²) < 4.78 is 30.4. The molecule has 1 aliphatic rings. The van der Waals surface area contributed by atoms with Gasteiger partial charge in [-0.25, -0.2) is 18.9 Å². The third-order valence-corrected chi connectivity index (χ3v) is 7.69. The van der Waals surface area contributed by atoms with Crippen LogP contribution in [-0.4, -0.2) is 53.1 Å². The molecule has 1 aromatic carbocycles. The number of halogens is 2. The quantitative estimate of drug-likeness (QED) is 0.319. The first-order chi connectivity index (χ1) is 15.1. The number of aryl methyl sites for hydroxylation is 1. The molecule has 0 radical (unpaired) electrons. The largest absolute Gasteiger partial charge is 0.398 e. The molecule has 1 aromatic heterocycles. The lowest BCUT2D eigenvalue weighted by molar-refractivity contribution is -0.134. The number of likely N-dealkylation sites (tertiary alicyclic amines) is 1. The zero-order chi connectivity index (χ0) is 23.5. The highest BCUT2D eigenvalue weighted by atomic mass is 35.5. The molecule has 0 spiro atoms. The van der Waals surface area contributed by atoms with Crippen LogP contribution in [0.5, 0.6) is 0 Å². The third kappa shape index (κ3) is 5.65. The number of aromatic nitrogens is 2. The number of nitrogens with zero attached hydrogens (tertiary/aromatic N) is 3.